The molecule has 0 aliphatic rings. The first-order valence-corrected chi connectivity index (χ1v) is 18.1. The lowest BCUT2D eigenvalue weighted by Gasteiger charge is -2.11. The first-order chi connectivity index (χ1) is 25.7. The van der Waals surface area contributed by atoms with Crippen LogP contribution in [0.1, 0.15) is 13.8 Å². The van der Waals surface area contributed by atoms with Gasteiger partial charge in [0.25, 0.3) is 0 Å². The molecule has 7 aromatic carbocycles. The van der Waals surface area contributed by atoms with E-state index in [1.54, 1.807) is 0 Å². The van der Waals surface area contributed by atoms with E-state index in [1.807, 2.05) is 26.0 Å². The van der Waals surface area contributed by atoms with Crippen LogP contribution in [0.25, 0.3) is 83.4 Å². The number of hydrogen-bond acceptors (Lipinski definition) is 2. The number of rotatable bonds is 6. The van der Waals surface area contributed by atoms with Crippen molar-refractivity contribution in [3.05, 3.63) is 187 Å². The standard InChI is InChI=1S/C46H30ClN3.C2H6/c47-46-48-42(34-24-20-32(21-25-34)37-13-8-12-36(28-37)31-10-2-1-3-11-31)30-43(49-46)35-26-22-33(23-27-35)38-14-9-15-39(29-38)50-44-18-6-4-16-40(44)41-17-5-7-19-45(41)50;1-2/h1-30H;1-2H3. The van der Waals surface area contributed by atoms with Crippen LogP contribution in [0, 0.1) is 0 Å². The molecule has 0 fully saturated rings. The smallest absolute Gasteiger partial charge is 0.223 e. The van der Waals surface area contributed by atoms with Crippen molar-refractivity contribution in [2.24, 2.45) is 0 Å². The minimum Gasteiger partial charge on any atom is -0.309 e. The van der Waals surface area contributed by atoms with Crippen molar-refractivity contribution < 1.29 is 0 Å². The fourth-order valence-corrected chi connectivity index (χ4v) is 7.10. The van der Waals surface area contributed by atoms with Gasteiger partial charge in [-0.15, -0.1) is 0 Å². The monoisotopic (exact) mass is 689 g/mol. The van der Waals surface area contributed by atoms with Gasteiger partial charge in [0.2, 0.25) is 5.28 Å². The highest BCUT2D eigenvalue weighted by Crippen LogP contribution is 2.34. The van der Waals surface area contributed by atoms with Crippen LogP contribution in [0.3, 0.4) is 0 Å². The second kappa shape index (κ2) is 14.5. The molecule has 9 aromatic rings. The van der Waals surface area contributed by atoms with Crippen LogP contribution in [-0.4, -0.2) is 14.5 Å². The third-order valence-corrected chi connectivity index (χ3v) is 9.55. The van der Waals surface area contributed by atoms with Gasteiger partial charge in [0.05, 0.1) is 22.4 Å². The molecule has 0 saturated heterocycles. The van der Waals surface area contributed by atoms with Gasteiger partial charge in [-0.2, -0.15) is 0 Å². The zero-order chi connectivity index (χ0) is 35.4. The van der Waals surface area contributed by atoms with E-state index in [4.69, 9.17) is 11.6 Å². The third-order valence-electron chi connectivity index (χ3n) is 9.38. The number of para-hydroxylation sites is 2. The van der Waals surface area contributed by atoms with Gasteiger partial charge >= 0.3 is 0 Å². The zero-order valence-electron chi connectivity index (χ0n) is 29.0. The summed E-state index contributed by atoms with van der Waals surface area (Å²) in [5, 5.41) is 2.73. The summed E-state index contributed by atoms with van der Waals surface area (Å²) < 4.78 is 2.35. The van der Waals surface area contributed by atoms with Gasteiger partial charge in [-0.1, -0.05) is 159 Å². The molecule has 2 aromatic heterocycles. The van der Waals surface area contributed by atoms with Crippen LogP contribution in [0.5, 0.6) is 0 Å². The van der Waals surface area contributed by atoms with Crippen molar-refractivity contribution in [3.63, 3.8) is 0 Å². The van der Waals surface area contributed by atoms with Crippen LogP contribution < -0.4 is 0 Å². The first-order valence-electron chi connectivity index (χ1n) is 17.7. The molecular weight excluding hydrogens is 654 g/mol. The summed E-state index contributed by atoms with van der Waals surface area (Å²) in [6.07, 6.45) is 0. The minimum atomic E-state index is 0.222. The summed E-state index contributed by atoms with van der Waals surface area (Å²) in [4.78, 5) is 9.17. The molecule has 52 heavy (non-hydrogen) atoms. The highest BCUT2D eigenvalue weighted by molar-refractivity contribution is 6.28. The molecule has 0 spiro atoms. The van der Waals surface area contributed by atoms with Crippen LogP contribution >= 0.6 is 11.6 Å². The molecule has 0 N–H and O–H groups in total. The van der Waals surface area contributed by atoms with Crippen molar-refractivity contribution in [2.75, 3.05) is 0 Å². The Morgan fingerprint density at radius 2 is 0.769 bits per heavy atom. The predicted molar refractivity (Wildman–Crippen MR) is 220 cm³/mol. The Morgan fingerprint density at radius 3 is 1.31 bits per heavy atom. The Morgan fingerprint density at radius 1 is 0.365 bits per heavy atom. The molecule has 3 nitrogen and oxygen atoms in total. The Kier molecular flexibility index (Phi) is 9.18. The number of benzene rings is 7. The highest BCUT2D eigenvalue weighted by Gasteiger charge is 2.13. The van der Waals surface area contributed by atoms with Gasteiger partial charge < -0.3 is 4.57 Å². The average Bonchev–Trinajstić information content (AvgIpc) is 3.56. The highest BCUT2D eigenvalue weighted by atomic mass is 35.5. The molecule has 0 bridgehead atoms. The van der Waals surface area contributed by atoms with Gasteiger partial charge in [0.1, 0.15) is 0 Å². The van der Waals surface area contributed by atoms with Crippen molar-refractivity contribution >= 4 is 33.4 Å². The zero-order valence-corrected chi connectivity index (χ0v) is 29.8. The summed E-state index contributed by atoms with van der Waals surface area (Å²) in [7, 11) is 0. The van der Waals surface area contributed by atoms with Crippen LogP contribution in [0.15, 0.2) is 182 Å². The van der Waals surface area contributed by atoms with E-state index in [9.17, 15) is 0 Å². The van der Waals surface area contributed by atoms with E-state index in [0.717, 1.165) is 44.9 Å². The van der Waals surface area contributed by atoms with Gasteiger partial charge in [0, 0.05) is 27.6 Å². The van der Waals surface area contributed by atoms with E-state index in [1.165, 1.54) is 38.5 Å². The normalized spacial score (nSPS) is 11.0. The maximum atomic E-state index is 6.50. The molecule has 0 atom stereocenters. The van der Waals surface area contributed by atoms with Crippen LogP contribution in [0.2, 0.25) is 5.28 Å². The van der Waals surface area contributed by atoms with Crippen molar-refractivity contribution in [1.82, 2.24) is 14.5 Å². The fraction of sp³-hybridized carbons (Fsp3) is 0.0417. The van der Waals surface area contributed by atoms with E-state index in [0.29, 0.717) is 0 Å². The third kappa shape index (κ3) is 6.39. The molecule has 0 amide bonds. The molecule has 4 heteroatoms. The summed E-state index contributed by atoms with van der Waals surface area (Å²) in [5.74, 6) is 0. The molecule has 0 radical (unpaired) electrons. The Labute approximate surface area is 309 Å². The molecule has 250 valence electrons. The Hall–Kier alpha value is -6.29. The van der Waals surface area contributed by atoms with E-state index >= 15 is 0 Å². The Balaban J connectivity index is 0.00000190. The topological polar surface area (TPSA) is 30.7 Å². The Bertz CT molecular complexity index is 2590. The lowest BCUT2D eigenvalue weighted by Crippen LogP contribution is -1.94. The van der Waals surface area contributed by atoms with E-state index in [2.05, 4.69) is 184 Å². The molecular formula is C48H36ClN3. The second-order valence-electron chi connectivity index (χ2n) is 12.4. The number of fused-ring (bicyclic) bond motifs is 3. The van der Waals surface area contributed by atoms with Crippen LogP contribution in [-0.2, 0) is 0 Å². The molecule has 0 saturated carbocycles. The average molecular weight is 690 g/mol. The minimum absolute atomic E-state index is 0.222. The number of hydrogen-bond donors (Lipinski definition) is 0. The predicted octanol–water partition coefficient (Wildman–Crippen LogP) is 13.6. The maximum absolute atomic E-state index is 6.50. The lowest BCUT2D eigenvalue weighted by atomic mass is 9.98. The van der Waals surface area contributed by atoms with Gasteiger partial charge in [-0.05, 0) is 81.4 Å². The maximum Gasteiger partial charge on any atom is 0.223 e. The molecule has 0 unspecified atom stereocenters. The first kappa shape index (κ1) is 32.9. The van der Waals surface area contributed by atoms with Crippen molar-refractivity contribution in [2.45, 2.75) is 13.8 Å². The number of halogens is 1. The second-order valence-corrected chi connectivity index (χ2v) is 12.8. The quantitative estimate of drug-likeness (QED) is 0.163. The number of nitrogens with zero attached hydrogens (tertiary/aromatic N) is 3. The molecule has 2 heterocycles. The summed E-state index contributed by atoms with van der Waals surface area (Å²) >= 11 is 6.50. The van der Waals surface area contributed by atoms with Gasteiger partial charge in [-0.3, -0.25) is 0 Å². The summed E-state index contributed by atoms with van der Waals surface area (Å²) in [5.41, 5.74) is 14.0. The van der Waals surface area contributed by atoms with Crippen molar-refractivity contribution in [3.8, 4) is 61.6 Å². The van der Waals surface area contributed by atoms with Crippen LogP contribution in [0.4, 0.5) is 0 Å². The lowest BCUT2D eigenvalue weighted by molar-refractivity contribution is 1.18. The van der Waals surface area contributed by atoms with Gasteiger partial charge in [-0.25, -0.2) is 9.97 Å². The summed E-state index contributed by atoms with van der Waals surface area (Å²) in [6.45, 7) is 4.00. The summed E-state index contributed by atoms with van der Waals surface area (Å²) in [6, 6.07) is 64.0. The fourth-order valence-electron chi connectivity index (χ4n) is 6.91. The molecule has 0 aliphatic heterocycles. The number of aromatic nitrogens is 3. The SMILES string of the molecule is CC.Clc1nc(-c2ccc(-c3cccc(-c4ccccc4)c3)cc2)cc(-c2ccc(-c3cccc(-n4c5ccccc5c5ccccc54)c3)cc2)n1. The van der Waals surface area contributed by atoms with E-state index in [-0.39, 0.29) is 5.28 Å². The molecule has 0 aliphatic carbocycles. The van der Waals surface area contributed by atoms with Crippen molar-refractivity contribution in [1.29, 1.82) is 0 Å². The van der Waals surface area contributed by atoms with E-state index < -0.39 is 0 Å². The van der Waals surface area contributed by atoms with Gasteiger partial charge in [0.15, 0.2) is 0 Å². The largest absolute Gasteiger partial charge is 0.309 e. The molecule has 9 rings (SSSR count).